The third-order valence-corrected chi connectivity index (χ3v) is 5.32. The molecule has 2 aromatic rings. The molecule has 2 rings (SSSR count). The van der Waals surface area contributed by atoms with Crippen LogP contribution < -0.4 is 9.62 Å². The van der Waals surface area contributed by atoms with Gasteiger partial charge < -0.3 is 5.32 Å². The number of nitrogens with zero attached hydrogens (tertiary/aromatic N) is 1. The van der Waals surface area contributed by atoms with Crippen LogP contribution in [0.2, 0.25) is 10.0 Å². The van der Waals surface area contributed by atoms with Crippen LogP contribution in [0.5, 0.6) is 0 Å². The molecule has 25 heavy (non-hydrogen) atoms. The summed E-state index contributed by atoms with van der Waals surface area (Å²) in [4.78, 5) is 12.6. The highest BCUT2D eigenvalue weighted by atomic mass is 35.5. The Labute approximate surface area is 157 Å². The van der Waals surface area contributed by atoms with E-state index in [2.05, 4.69) is 5.32 Å². The lowest BCUT2D eigenvalue weighted by atomic mass is 10.1. The van der Waals surface area contributed by atoms with Crippen molar-refractivity contribution in [3.05, 3.63) is 58.1 Å². The number of aryl methyl sites for hydroxylation is 1. The molecule has 1 amide bonds. The van der Waals surface area contributed by atoms with Crippen molar-refractivity contribution in [2.75, 3.05) is 15.9 Å². The van der Waals surface area contributed by atoms with E-state index in [1.807, 2.05) is 0 Å². The summed E-state index contributed by atoms with van der Waals surface area (Å²) in [5.41, 5.74) is 1.59. The van der Waals surface area contributed by atoms with Crippen LogP contribution in [0.25, 0.3) is 0 Å². The largest absolute Gasteiger partial charge is 0.324 e. The van der Waals surface area contributed by atoms with Gasteiger partial charge in [-0.1, -0.05) is 29.3 Å². The summed E-state index contributed by atoms with van der Waals surface area (Å²) in [6.45, 7) is 3.28. The van der Waals surface area contributed by atoms with Crippen molar-refractivity contribution in [1.82, 2.24) is 0 Å². The fourth-order valence-corrected chi connectivity index (χ4v) is 3.90. The minimum Gasteiger partial charge on any atom is -0.324 e. The van der Waals surface area contributed by atoms with Gasteiger partial charge in [-0.15, -0.1) is 0 Å². The van der Waals surface area contributed by atoms with Crippen LogP contribution in [0.1, 0.15) is 12.5 Å². The monoisotopic (exact) mass is 400 g/mol. The molecule has 0 saturated heterocycles. The first kappa shape index (κ1) is 19.6. The van der Waals surface area contributed by atoms with Crippen LogP contribution in [-0.4, -0.2) is 26.6 Å². The van der Waals surface area contributed by atoms with Crippen molar-refractivity contribution in [3.8, 4) is 0 Å². The van der Waals surface area contributed by atoms with Gasteiger partial charge in [0.05, 0.1) is 11.9 Å². The van der Waals surface area contributed by atoms with Gasteiger partial charge in [-0.2, -0.15) is 0 Å². The van der Waals surface area contributed by atoms with E-state index in [9.17, 15) is 13.2 Å². The molecule has 0 radical (unpaired) electrons. The second-order valence-electron chi connectivity index (χ2n) is 5.66. The molecule has 0 heterocycles. The summed E-state index contributed by atoms with van der Waals surface area (Å²) in [5, 5.41) is 3.62. The van der Waals surface area contributed by atoms with Crippen LogP contribution in [0.15, 0.2) is 42.5 Å². The van der Waals surface area contributed by atoms with E-state index in [4.69, 9.17) is 23.2 Å². The zero-order valence-corrected chi connectivity index (χ0v) is 16.3. The number of halogens is 2. The van der Waals surface area contributed by atoms with Crippen molar-refractivity contribution in [1.29, 1.82) is 0 Å². The Morgan fingerprint density at radius 2 is 1.64 bits per heavy atom. The molecule has 8 heteroatoms. The van der Waals surface area contributed by atoms with Gasteiger partial charge in [-0.3, -0.25) is 9.10 Å². The van der Waals surface area contributed by atoms with Crippen LogP contribution in [0.3, 0.4) is 0 Å². The third kappa shape index (κ3) is 4.87. The molecule has 1 N–H and O–H groups in total. The highest BCUT2D eigenvalue weighted by Crippen LogP contribution is 2.28. The van der Waals surface area contributed by atoms with Gasteiger partial charge in [0.15, 0.2) is 0 Å². The number of hydrogen-bond donors (Lipinski definition) is 1. The smallest absolute Gasteiger partial charge is 0.247 e. The lowest BCUT2D eigenvalue weighted by Crippen LogP contribution is -2.45. The first-order valence-electron chi connectivity index (χ1n) is 7.41. The van der Waals surface area contributed by atoms with Gasteiger partial charge in [0, 0.05) is 15.7 Å². The maximum absolute atomic E-state index is 12.6. The number of amides is 1. The average molecular weight is 401 g/mol. The number of carbonyl (C=O) groups is 1. The zero-order chi connectivity index (χ0) is 18.8. The summed E-state index contributed by atoms with van der Waals surface area (Å²) in [6, 6.07) is 10.5. The quantitative estimate of drug-likeness (QED) is 0.821. The molecule has 0 saturated carbocycles. The molecule has 0 fully saturated rings. The Balaban J connectivity index is 2.36. The summed E-state index contributed by atoms with van der Waals surface area (Å²) < 4.78 is 25.7. The Morgan fingerprint density at radius 3 is 2.20 bits per heavy atom. The van der Waals surface area contributed by atoms with E-state index in [0.717, 1.165) is 10.6 Å². The van der Waals surface area contributed by atoms with E-state index in [1.165, 1.54) is 13.0 Å². The van der Waals surface area contributed by atoms with Crippen LogP contribution >= 0.6 is 23.2 Å². The molecule has 5 nitrogen and oxygen atoms in total. The Bertz CT molecular complexity index is 883. The maximum atomic E-state index is 12.6. The summed E-state index contributed by atoms with van der Waals surface area (Å²) >= 11 is 11.8. The fourth-order valence-electron chi connectivity index (χ4n) is 2.38. The first-order valence-corrected chi connectivity index (χ1v) is 10.0. The third-order valence-electron chi connectivity index (χ3n) is 3.61. The van der Waals surface area contributed by atoms with Crippen molar-refractivity contribution in [3.63, 3.8) is 0 Å². The molecule has 0 unspecified atom stereocenters. The molecular weight excluding hydrogens is 383 g/mol. The van der Waals surface area contributed by atoms with Crippen molar-refractivity contribution < 1.29 is 13.2 Å². The van der Waals surface area contributed by atoms with E-state index in [1.54, 1.807) is 43.3 Å². The Hall–Kier alpha value is -1.76. The average Bonchev–Trinajstić information content (AvgIpc) is 2.51. The molecule has 0 aliphatic carbocycles. The molecular formula is C17H18Cl2N2O3S. The number of carbonyl (C=O) groups excluding carboxylic acids is 1. The van der Waals surface area contributed by atoms with E-state index < -0.39 is 22.0 Å². The lowest BCUT2D eigenvalue weighted by Gasteiger charge is -2.29. The number of anilines is 2. The van der Waals surface area contributed by atoms with E-state index in [0.29, 0.717) is 27.0 Å². The first-order chi connectivity index (χ1) is 11.6. The van der Waals surface area contributed by atoms with Crippen LogP contribution in [0.4, 0.5) is 11.4 Å². The number of hydrogen-bond acceptors (Lipinski definition) is 3. The maximum Gasteiger partial charge on any atom is 0.247 e. The summed E-state index contributed by atoms with van der Waals surface area (Å²) in [6.07, 6.45) is 1.05. The normalized spacial score (nSPS) is 12.5. The predicted molar refractivity (Wildman–Crippen MR) is 103 cm³/mol. The molecule has 0 bridgehead atoms. The van der Waals surface area contributed by atoms with Crippen molar-refractivity contribution in [2.24, 2.45) is 0 Å². The fraction of sp³-hybridized carbons (Fsp3) is 0.235. The number of nitrogens with one attached hydrogen (secondary N) is 1. The molecule has 134 valence electrons. The molecule has 0 aliphatic heterocycles. The van der Waals surface area contributed by atoms with Gasteiger partial charge in [-0.05, 0) is 55.8 Å². The van der Waals surface area contributed by atoms with Crippen LogP contribution in [0, 0.1) is 6.92 Å². The van der Waals surface area contributed by atoms with Crippen LogP contribution in [-0.2, 0) is 14.8 Å². The minimum absolute atomic E-state index is 0.369. The summed E-state index contributed by atoms with van der Waals surface area (Å²) in [7, 11) is -3.71. The SMILES string of the molecule is Cc1ccc(Cl)cc1N([C@@H](C)C(=O)Nc1ccc(Cl)cc1)S(C)(=O)=O. The highest BCUT2D eigenvalue weighted by molar-refractivity contribution is 7.92. The number of rotatable bonds is 5. The van der Waals surface area contributed by atoms with E-state index in [-0.39, 0.29) is 0 Å². The number of sulfonamides is 1. The van der Waals surface area contributed by atoms with Gasteiger partial charge >= 0.3 is 0 Å². The van der Waals surface area contributed by atoms with E-state index >= 15 is 0 Å². The standard InChI is InChI=1S/C17H18Cl2N2O3S/c1-11-4-5-14(19)10-16(11)21(25(3,23)24)12(2)17(22)20-15-8-6-13(18)7-9-15/h4-10,12H,1-3H3,(H,20,22)/t12-/m0/s1. The second-order valence-corrected chi connectivity index (χ2v) is 8.39. The molecule has 0 aromatic heterocycles. The Morgan fingerprint density at radius 1 is 1.08 bits per heavy atom. The zero-order valence-electron chi connectivity index (χ0n) is 14.0. The molecule has 0 aliphatic rings. The highest BCUT2D eigenvalue weighted by Gasteiger charge is 2.30. The van der Waals surface area contributed by atoms with Gasteiger partial charge in [0.2, 0.25) is 15.9 Å². The molecule has 0 spiro atoms. The minimum atomic E-state index is -3.71. The van der Waals surface area contributed by atoms with Gasteiger partial charge in [0.1, 0.15) is 6.04 Å². The van der Waals surface area contributed by atoms with Gasteiger partial charge in [-0.25, -0.2) is 8.42 Å². The Kier molecular flexibility index (Phi) is 5.98. The topological polar surface area (TPSA) is 66.5 Å². The van der Waals surface area contributed by atoms with Gasteiger partial charge in [0.25, 0.3) is 0 Å². The lowest BCUT2D eigenvalue weighted by molar-refractivity contribution is -0.116. The second kappa shape index (κ2) is 7.64. The summed E-state index contributed by atoms with van der Waals surface area (Å²) in [5.74, 6) is -0.466. The molecule has 2 aromatic carbocycles. The van der Waals surface area contributed by atoms with Crippen molar-refractivity contribution in [2.45, 2.75) is 19.9 Å². The van der Waals surface area contributed by atoms with Crippen molar-refractivity contribution >= 4 is 50.5 Å². The predicted octanol–water partition coefficient (Wildman–Crippen LogP) is 4.10. The molecule has 1 atom stereocenters. The number of benzene rings is 2.